The second-order valence-electron chi connectivity index (χ2n) is 11.4. The van der Waals surface area contributed by atoms with Crippen LogP contribution >= 0.6 is 0 Å². The molecule has 0 atom stereocenters. The molecule has 0 saturated carbocycles. The van der Waals surface area contributed by atoms with E-state index in [0.717, 1.165) is 46.0 Å². The summed E-state index contributed by atoms with van der Waals surface area (Å²) in [7, 11) is 0. The van der Waals surface area contributed by atoms with E-state index in [2.05, 4.69) is 162 Å². The Hall–Kier alpha value is -5.80. The standard InChI is InChI=1S/C41H28N2O/c1-2-10-27(11-3-1)28-19-22-31(23-20-28)43(37-18-8-16-34-35-17-9-25-42-41(35)44-40(34)37)38-26-30-13-5-7-15-33(30)39-32-14-6-4-12-29(32)21-24-36(38)39/h1-24,26,42H,25H2. The maximum Gasteiger partial charge on any atom is 0.201 e. The molecule has 208 valence electrons. The van der Waals surface area contributed by atoms with Crippen molar-refractivity contribution in [2.24, 2.45) is 0 Å². The zero-order valence-corrected chi connectivity index (χ0v) is 24.0. The highest BCUT2D eigenvalue weighted by atomic mass is 16.4. The molecule has 0 saturated heterocycles. The van der Waals surface area contributed by atoms with Crippen LogP contribution in [0.1, 0.15) is 5.56 Å². The lowest BCUT2D eigenvalue weighted by atomic mass is 9.94. The van der Waals surface area contributed by atoms with Crippen LogP contribution in [0.5, 0.6) is 0 Å². The molecule has 1 aliphatic rings. The van der Waals surface area contributed by atoms with Gasteiger partial charge in [-0.15, -0.1) is 0 Å². The van der Waals surface area contributed by atoms with E-state index in [9.17, 15) is 0 Å². The van der Waals surface area contributed by atoms with Crippen molar-refractivity contribution in [1.82, 2.24) is 0 Å². The predicted molar refractivity (Wildman–Crippen MR) is 186 cm³/mol. The summed E-state index contributed by atoms with van der Waals surface area (Å²) in [6.07, 6.45) is 4.31. The quantitative estimate of drug-likeness (QED) is 0.216. The summed E-state index contributed by atoms with van der Waals surface area (Å²) in [5, 5.41) is 11.9. The number of nitrogens with one attached hydrogen (secondary N) is 1. The normalized spacial score (nSPS) is 12.5. The zero-order chi connectivity index (χ0) is 29.0. The summed E-state index contributed by atoms with van der Waals surface area (Å²) in [6.45, 7) is 0.759. The van der Waals surface area contributed by atoms with E-state index in [4.69, 9.17) is 4.42 Å². The Morgan fingerprint density at radius 2 is 1.25 bits per heavy atom. The lowest BCUT2D eigenvalue weighted by molar-refractivity contribution is 0.628. The maximum absolute atomic E-state index is 6.60. The third-order valence-electron chi connectivity index (χ3n) is 8.84. The maximum atomic E-state index is 6.60. The minimum absolute atomic E-state index is 0.759. The molecule has 2 heterocycles. The van der Waals surface area contributed by atoms with Gasteiger partial charge in [-0.05, 0) is 62.3 Å². The van der Waals surface area contributed by atoms with Gasteiger partial charge < -0.3 is 14.6 Å². The van der Waals surface area contributed by atoms with Gasteiger partial charge in [0, 0.05) is 28.6 Å². The van der Waals surface area contributed by atoms with Crippen molar-refractivity contribution in [2.45, 2.75) is 0 Å². The van der Waals surface area contributed by atoms with Crippen molar-refractivity contribution >= 4 is 72.3 Å². The van der Waals surface area contributed by atoms with Gasteiger partial charge in [0.15, 0.2) is 5.58 Å². The molecule has 1 aromatic heterocycles. The van der Waals surface area contributed by atoms with Gasteiger partial charge in [-0.1, -0.05) is 127 Å². The minimum Gasteiger partial charge on any atom is -0.438 e. The van der Waals surface area contributed by atoms with Crippen molar-refractivity contribution in [3.8, 4) is 11.1 Å². The highest BCUT2D eigenvalue weighted by molar-refractivity contribution is 6.24. The number of hydrogen-bond acceptors (Lipinski definition) is 3. The molecule has 1 aliphatic heterocycles. The number of para-hydroxylation sites is 1. The zero-order valence-electron chi connectivity index (χ0n) is 24.0. The Kier molecular flexibility index (Phi) is 5.57. The summed E-state index contributed by atoms with van der Waals surface area (Å²) in [5.74, 6) is 0.823. The monoisotopic (exact) mass is 564 g/mol. The molecule has 1 N–H and O–H groups in total. The van der Waals surface area contributed by atoms with E-state index in [-0.39, 0.29) is 0 Å². The van der Waals surface area contributed by atoms with Crippen LogP contribution in [-0.4, -0.2) is 6.54 Å². The van der Waals surface area contributed by atoms with Gasteiger partial charge in [-0.25, -0.2) is 0 Å². The molecule has 0 radical (unpaired) electrons. The molecule has 0 bridgehead atoms. The molecule has 9 rings (SSSR count). The van der Waals surface area contributed by atoms with E-state index >= 15 is 0 Å². The van der Waals surface area contributed by atoms with Crippen LogP contribution in [0.25, 0.3) is 60.5 Å². The third kappa shape index (κ3) is 3.83. The summed E-state index contributed by atoms with van der Waals surface area (Å²) >= 11 is 0. The van der Waals surface area contributed by atoms with Crippen LogP contribution in [0.2, 0.25) is 0 Å². The summed E-state index contributed by atoms with van der Waals surface area (Å²) in [5.41, 5.74) is 7.54. The van der Waals surface area contributed by atoms with E-state index in [0.29, 0.717) is 0 Å². The van der Waals surface area contributed by atoms with Crippen LogP contribution in [0.3, 0.4) is 0 Å². The van der Waals surface area contributed by atoms with Crippen LogP contribution in [0, 0.1) is 0 Å². The molecule has 3 heteroatoms. The van der Waals surface area contributed by atoms with E-state index in [1.54, 1.807) is 0 Å². The van der Waals surface area contributed by atoms with E-state index in [1.807, 2.05) is 0 Å². The number of fused-ring (bicyclic) bond motifs is 8. The average molecular weight is 565 g/mol. The molecule has 3 nitrogen and oxygen atoms in total. The second-order valence-corrected chi connectivity index (χ2v) is 11.4. The van der Waals surface area contributed by atoms with Gasteiger partial charge >= 0.3 is 0 Å². The highest BCUT2D eigenvalue weighted by Gasteiger charge is 2.24. The van der Waals surface area contributed by atoms with Crippen molar-refractivity contribution < 1.29 is 4.42 Å². The Morgan fingerprint density at radius 1 is 0.545 bits per heavy atom. The Bertz CT molecular complexity index is 2370. The van der Waals surface area contributed by atoms with Crippen molar-refractivity contribution in [2.75, 3.05) is 16.8 Å². The SMILES string of the molecule is C1=Cc2c(oc3c(N(c4ccc(-c5ccccc5)cc4)c4cc5ccccc5c5c4ccc4ccccc45)cccc23)NC1. The topological polar surface area (TPSA) is 28.4 Å². The molecule has 0 unspecified atom stereocenters. The molecule has 0 spiro atoms. The smallest absolute Gasteiger partial charge is 0.201 e. The average Bonchev–Trinajstić information content (AvgIpc) is 3.48. The molecule has 7 aromatic carbocycles. The molecular weight excluding hydrogens is 536 g/mol. The van der Waals surface area contributed by atoms with Gasteiger partial charge in [-0.2, -0.15) is 0 Å². The van der Waals surface area contributed by atoms with Gasteiger partial charge in [0.05, 0.1) is 11.4 Å². The first-order chi connectivity index (χ1) is 21.8. The van der Waals surface area contributed by atoms with Crippen molar-refractivity contribution in [3.63, 3.8) is 0 Å². The molecule has 0 amide bonds. The van der Waals surface area contributed by atoms with E-state index < -0.39 is 0 Å². The van der Waals surface area contributed by atoms with Crippen LogP contribution in [0.4, 0.5) is 22.9 Å². The summed E-state index contributed by atoms with van der Waals surface area (Å²) in [4.78, 5) is 2.37. The minimum atomic E-state index is 0.759. The summed E-state index contributed by atoms with van der Waals surface area (Å²) < 4.78 is 6.60. The van der Waals surface area contributed by atoms with Crippen LogP contribution in [0.15, 0.2) is 150 Å². The molecule has 0 aliphatic carbocycles. The second kappa shape index (κ2) is 9.89. The fourth-order valence-corrected chi connectivity index (χ4v) is 6.80. The fraction of sp³-hybridized carbons (Fsp3) is 0.0244. The predicted octanol–water partition coefficient (Wildman–Crippen LogP) is 11.5. The summed E-state index contributed by atoms with van der Waals surface area (Å²) in [6, 6.07) is 50.2. The van der Waals surface area contributed by atoms with Gasteiger partial charge in [0.2, 0.25) is 5.88 Å². The van der Waals surface area contributed by atoms with E-state index in [1.165, 1.54) is 43.4 Å². The number of anilines is 4. The highest BCUT2D eigenvalue weighted by Crippen LogP contribution is 2.47. The lowest BCUT2D eigenvalue weighted by Crippen LogP contribution is -2.11. The number of furan rings is 1. The van der Waals surface area contributed by atoms with Gasteiger partial charge in [-0.3, -0.25) is 0 Å². The lowest BCUT2D eigenvalue weighted by Gasteiger charge is -2.28. The Balaban J connectivity index is 1.37. The largest absolute Gasteiger partial charge is 0.438 e. The van der Waals surface area contributed by atoms with Gasteiger partial charge in [0.1, 0.15) is 0 Å². The van der Waals surface area contributed by atoms with Gasteiger partial charge in [0.25, 0.3) is 0 Å². The third-order valence-corrected chi connectivity index (χ3v) is 8.84. The van der Waals surface area contributed by atoms with Crippen LogP contribution < -0.4 is 10.2 Å². The number of rotatable bonds is 4. The molecular formula is C41H28N2O. The Labute approximate surface area is 255 Å². The number of benzene rings is 7. The first kappa shape index (κ1) is 24.8. The van der Waals surface area contributed by atoms with Crippen molar-refractivity contribution in [3.05, 3.63) is 151 Å². The first-order valence-electron chi connectivity index (χ1n) is 15.1. The molecule has 8 aromatic rings. The molecule has 0 fully saturated rings. The fourth-order valence-electron chi connectivity index (χ4n) is 6.80. The van der Waals surface area contributed by atoms with Crippen molar-refractivity contribution in [1.29, 1.82) is 0 Å². The molecule has 44 heavy (non-hydrogen) atoms. The number of hydrogen-bond donors (Lipinski definition) is 1. The number of nitrogens with zero attached hydrogens (tertiary/aromatic N) is 1. The van der Waals surface area contributed by atoms with Crippen LogP contribution in [-0.2, 0) is 0 Å². The Morgan fingerprint density at radius 3 is 2.09 bits per heavy atom. The first-order valence-corrected chi connectivity index (χ1v) is 15.1.